The van der Waals surface area contributed by atoms with Crippen molar-refractivity contribution in [2.75, 3.05) is 18.9 Å². The zero-order valence-electron chi connectivity index (χ0n) is 18.7. The molecule has 0 saturated carbocycles. The summed E-state index contributed by atoms with van der Waals surface area (Å²) >= 11 is 0. The molecule has 0 aliphatic rings. The highest BCUT2D eigenvalue weighted by atomic mass is 19.1. The minimum atomic E-state index is -0.471. The predicted molar refractivity (Wildman–Crippen MR) is 120 cm³/mol. The quantitative estimate of drug-likeness (QED) is 0.355. The van der Waals surface area contributed by atoms with E-state index in [1.54, 1.807) is 20.8 Å². The molecule has 0 aliphatic carbocycles. The Kier molecular flexibility index (Phi) is 7.13. The van der Waals surface area contributed by atoms with Crippen LogP contribution in [0.3, 0.4) is 0 Å². The summed E-state index contributed by atoms with van der Waals surface area (Å²) in [5, 5.41) is 16.7. The number of nitrogen functional groups attached to an aromatic ring is 1. The van der Waals surface area contributed by atoms with Crippen LogP contribution in [-0.2, 0) is 11.2 Å². The molecular weight excluding hydrogens is 427 g/mol. The standard InChI is InChI=1S/C23H25FN6O3/c1-4-33-23(32)19-13(2)20(28-14(19)3)22(31)27-11-5-6-18-17(12-25)21(26)30(29-18)16-9-7-15(24)8-10-16/h7-10,28H,4-6,11,26H2,1-3H3,(H,27,31). The van der Waals surface area contributed by atoms with E-state index < -0.39 is 5.97 Å². The number of aryl methyl sites for hydroxylation is 2. The van der Waals surface area contributed by atoms with Gasteiger partial charge in [-0.1, -0.05) is 0 Å². The lowest BCUT2D eigenvalue weighted by Gasteiger charge is -2.05. The van der Waals surface area contributed by atoms with Crippen LogP contribution in [0.5, 0.6) is 0 Å². The molecule has 0 aliphatic heterocycles. The first-order valence-corrected chi connectivity index (χ1v) is 10.5. The maximum Gasteiger partial charge on any atom is 0.340 e. The maximum atomic E-state index is 13.2. The molecule has 10 heteroatoms. The van der Waals surface area contributed by atoms with Gasteiger partial charge in [0.2, 0.25) is 0 Å². The van der Waals surface area contributed by atoms with Crippen molar-refractivity contribution in [2.24, 2.45) is 0 Å². The number of nitriles is 1. The van der Waals surface area contributed by atoms with E-state index in [0.717, 1.165) is 0 Å². The summed E-state index contributed by atoms with van der Waals surface area (Å²) in [6.45, 7) is 5.68. The van der Waals surface area contributed by atoms with Crippen LogP contribution in [0, 0.1) is 31.0 Å². The first-order chi connectivity index (χ1) is 15.8. The number of H-pyrrole nitrogens is 1. The third-order valence-corrected chi connectivity index (χ3v) is 5.20. The van der Waals surface area contributed by atoms with E-state index in [1.165, 1.54) is 28.9 Å². The number of hydrogen-bond donors (Lipinski definition) is 3. The Labute approximate surface area is 190 Å². The van der Waals surface area contributed by atoms with Crippen molar-refractivity contribution in [3.8, 4) is 11.8 Å². The number of aromatic amines is 1. The van der Waals surface area contributed by atoms with Gasteiger partial charge in [-0.05, 0) is 63.4 Å². The Bertz CT molecular complexity index is 1220. The summed E-state index contributed by atoms with van der Waals surface area (Å²) in [5.41, 5.74) is 9.11. The van der Waals surface area contributed by atoms with E-state index in [1.807, 2.05) is 0 Å². The number of rotatable bonds is 8. The molecule has 0 unspecified atom stereocenters. The lowest BCUT2D eigenvalue weighted by atomic mass is 10.1. The van der Waals surface area contributed by atoms with Crippen LogP contribution in [-0.4, -0.2) is 39.8 Å². The lowest BCUT2D eigenvalue weighted by Crippen LogP contribution is -2.26. The predicted octanol–water partition coefficient (Wildman–Crippen LogP) is 2.95. The van der Waals surface area contributed by atoms with Gasteiger partial charge in [0.25, 0.3) is 5.91 Å². The number of amides is 1. The van der Waals surface area contributed by atoms with Crippen molar-refractivity contribution in [1.29, 1.82) is 5.26 Å². The lowest BCUT2D eigenvalue weighted by molar-refractivity contribution is 0.0525. The van der Waals surface area contributed by atoms with Crippen LogP contribution >= 0.6 is 0 Å². The smallest absolute Gasteiger partial charge is 0.340 e. The SMILES string of the molecule is CCOC(=O)c1c(C)[nH]c(C(=O)NCCCc2nn(-c3ccc(F)cc3)c(N)c2C#N)c1C. The maximum absolute atomic E-state index is 13.2. The molecule has 1 aromatic carbocycles. The fraction of sp³-hybridized carbons (Fsp3) is 0.304. The largest absolute Gasteiger partial charge is 0.462 e. The minimum Gasteiger partial charge on any atom is -0.462 e. The number of nitrogens with two attached hydrogens (primary N) is 1. The molecule has 0 bridgehead atoms. The minimum absolute atomic E-state index is 0.173. The Morgan fingerprint density at radius 3 is 2.64 bits per heavy atom. The first-order valence-electron chi connectivity index (χ1n) is 10.5. The normalized spacial score (nSPS) is 10.6. The first kappa shape index (κ1) is 23.5. The van der Waals surface area contributed by atoms with E-state index in [-0.39, 0.29) is 29.7 Å². The molecular formula is C23H25FN6O3. The highest BCUT2D eigenvalue weighted by Gasteiger charge is 2.23. The monoisotopic (exact) mass is 452 g/mol. The summed E-state index contributed by atoms with van der Waals surface area (Å²) in [4.78, 5) is 27.7. The zero-order valence-corrected chi connectivity index (χ0v) is 18.7. The van der Waals surface area contributed by atoms with Crippen LogP contribution in [0.15, 0.2) is 24.3 Å². The zero-order chi connectivity index (χ0) is 24.1. The fourth-order valence-electron chi connectivity index (χ4n) is 3.59. The van der Waals surface area contributed by atoms with Crippen molar-refractivity contribution in [1.82, 2.24) is 20.1 Å². The molecule has 172 valence electrons. The summed E-state index contributed by atoms with van der Waals surface area (Å²) in [6.07, 6.45) is 0.905. The number of aromatic nitrogens is 3. The van der Waals surface area contributed by atoms with Gasteiger partial charge in [0.15, 0.2) is 0 Å². The molecule has 0 spiro atoms. The molecule has 0 atom stereocenters. The van der Waals surface area contributed by atoms with Gasteiger partial charge in [-0.3, -0.25) is 4.79 Å². The van der Waals surface area contributed by atoms with Crippen molar-refractivity contribution in [2.45, 2.75) is 33.6 Å². The van der Waals surface area contributed by atoms with E-state index in [4.69, 9.17) is 10.5 Å². The molecule has 3 aromatic rings. The molecule has 3 rings (SSSR count). The molecule has 0 saturated heterocycles. The Balaban J connectivity index is 1.65. The number of carbonyl (C=O) groups excluding carboxylic acids is 2. The number of anilines is 1. The second-order valence-corrected chi connectivity index (χ2v) is 7.41. The Morgan fingerprint density at radius 2 is 2.00 bits per heavy atom. The second-order valence-electron chi connectivity index (χ2n) is 7.41. The van der Waals surface area contributed by atoms with E-state index in [0.29, 0.717) is 53.3 Å². The van der Waals surface area contributed by atoms with Crippen LogP contribution in [0.4, 0.5) is 10.2 Å². The number of halogens is 1. The number of hydrogen-bond acceptors (Lipinski definition) is 6. The van der Waals surface area contributed by atoms with Crippen molar-refractivity contribution in [3.63, 3.8) is 0 Å². The van der Waals surface area contributed by atoms with Crippen LogP contribution < -0.4 is 11.1 Å². The summed E-state index contributed by atoms with van der Waals surface area (Å²) < 4.78 is 19.6. The topological polar surface area (TPSA) is 139 Å². The number of benzene rings is 1. The van der Waals surface area contributed by atoms with Gasteiger partial charge in [0.1, 0.15) is 29.0 Å². The molecule has 0 radical (unpaired) electrons. The number of nitrogens with one attached hydrogen (secondary N) is 2. The Hall–Kier alpha value is -4.13. The van der Waals surface area contributed by atoms with Gasteiger partial charge in [-0.2, -0.15) is 10.4 Å². The average Bonchev–Trinajstić information content (AvgIpc) is 3.26. The summed E-state index contributed by atoms with van der Waals surface area (Å²) in [5.74, 6) is -1.03. The molecule has 4 N–H and O–H groups in total. The summed E-state index contributed by atoms with van der Waals surface area (Å²) in [6, 6.07) is 7.68. The third kappa shape index (κ3) is 4.87. The molecule has 2 aromatic heterocycles. The van der Waals surface area contributed by atoms with Crippen molar-refractivity contribution in [3.05, 3.63) is 63.9 Å². The number of carbonyl (C=O) groups is 2. The van der Waals surface area contributed by atoms with Crippen LogP contribution in [0.25, 0.3) is 5.69 Å². The third-order valence-electron chi connectivity index (χ3n) is 5.20. The van der Waals surface area contributed by atoms with E-state index >= 15 is 0 Å². The molecule has 33 heavy (non-hydrogen) atoms. The molecule has 0 fully saturated rings. The van der Waals surface area contributed by atoms with Crippen LogP contribution in [0.2, 0.25) is 0 Å². The molecule has 1 amide bonds. The van der Waals surface area contributed by atoms with Gasteiger partial charge in [0.05, 0.1) is 23.6 Å². The summed E-state index contributed by atoms with van der Waals surface area (Å²) in [7, 11) is 0. The molecule has 2 heterocycles. The fourth-order valence-corrected chi connectivity index (χ4v) is 3.59. The van der Waals surface area contributed by atoms with Gasteiger partial charge >= 0.3 is 5.97 Å². The Morgan fingerprint density at radius 1 is 1.30 bits per heavy atom. The van der Waals surface area contributed by atoms with E-state index in [9.17, 15) is 19.2 Å². The average molecular weight is 452 g/mol. The highest BCUT2D eigenvalue weighted by Crippen LogP contribution is 2.22. The van der Waals surface area contributed by atoms with Crippen molar-refractivity contribution >= 4 is 17.7 Å². The molecule has 9 nitrogen and oxygen atoms in total. The number of ether oxygens (including phenoxy) is 1. The number of esters is 1. The highest BCUT2D eigenvalue weighted by molar-refractivity contribution is 6.00. The van der Waals surface area contributed by atoms with Gasteiger partial charge < -0.3 is 20.8 Å². The van der Waals surface area contributed by atoms with Gasteiger partial charge in [0, 0.05) is 12.2 Å². The van der Waals surface area contributed by atoms with E-state index in [2.05, 4.69) is 21.5 Å². The van der Waals surface area contributed by atoms with Crippen molar-refractivity contribution < 1.29 is 18.7 Å². The van der Waals surface area contributed by atoms with Gasteiger partial charge in [-0.25, -0.2) is 13.9 Å². The van der Waals surface area contributed by atoms with Gasteiger partial charge in [-0.15, -0.1) is 0 Å². The number of nitrogens with zero attached hydrogens (tertiary/aromatic N) is 3. The van der Waals surface area contributed by atoms with Crippen LogP contribution in [0.1, 0.15) is 56.7 Å². The second kappa shape index (κ2) is 9.99.